The van der Waals surface area contributed by atoms with Crippen LogP contribution in [0, 0.1) is 11.3 Å². The van der Waals surface area contributed by atoms with E-state index in [9.17, 15) is 0 Å². The third-order valence-corrected chi connectivity index (χ3v) is 2.97. The predicted molar refractivity (Wildman–Crippen MR) is 53.0 cm³/mol. The molecule has 0 aromatic rings. The molecule has 0 aromatic carbocycles. The highest BCUT2D eigenvalue weighted by Gasteiger charge is 2.27. The van der Waals surface area contributed by atoms with E-state index < -0.39 is 0 Å². The van der Waals surface area contributed by atoms with Crippen LogP contribution in [0.3, 0.4) is 0 Å². The Morgan fingerprint density at radius 3 is 2.08 bits per heavy atom. The van der Waals surface area contributed by atoms with Crippen LogP contribution in [-0.2, 0) is 0 Å². The summed E-state index contributed by atoms with van der Waals surface area (Å²) in [6, 6.07) is 0. The maximum atomic E-state index is 5.25. The maximum Gasteiger partial charge on any atom is 0.0376 e. The highest BCUT2D eigenvalue weighted by Crippen LogP contribution is 2.36. The average Bonchev–Trinajstić information content (AvgIpc) is 2.03. The van der Waals surface area contributed by atoms with Crippen molar-refractivity contribution in [3.05, 3.63) is 0 Å². The van der Waals surface area contributed by atoms with Gasteiger partial charge in [-0.05, 0) is 37.0 Å². The standard InChI is InChI=1S/C10H20N2/c1-10(2,3)8-4-6-9(12-11)7-5-8/h8H,4-7,11H2,1-3H3. The Labute approximate surface area is 75.2 Å². The highest BCUT2D eigenvalue weighted by atomic mass is 15.1. The molecule has 1 saturated carbocycles. The van der Waals surface area contributed by atoms with Crippen molar-refractivity contribution in [2.45, 2.75) is 46.5 Å². The first kappa shape index (κ1) is 9.56. The van der Waals surface area contributed by atoms with Crippen LogP contribution in [-0.4, -0.2) is 5.71 Å². The van der Waals surface area contributed by atoms with Crippen molar-refractivity contribution in [3.63, 3.8) is 0 Å². The minimum Gasteiger partial charge on any atom is -0.323 e. The molecule has 1 aliphatic carbocycles. The summed E-state index contributed by atoms with van der Waals surface area (Å²) in [5, 5.41) is 3.78. The monoisotopic (exact) mass is 168 g/mol. The second-order valence-electron chi connectivity index (χ2n) is 4.84. The summed E-state index contributed by atoms with van der Waals surface area (Å²) in [5.41, 5.74) is 1.66. The first-order chi connectivity index (χ1) is 5.54. The van der Waals surface area contributed by atoms with Crippen LogP contribution in [0.4, 0.5) is 0 Å². The molecule has 2 heteroatoms. The first-order valence-electron chi connectivity index (χ1n) is 4.79. The Hall–Kier alpha value is -0.530. The fraction of sp³-hybridized carbons (Fsp3) is 0.900. The van der Waals surface area contributed by atoms with E-state index >= 15 is 0 Å². The Morgan fingerprint density at radius 2 is 1.75 bits per heavy atom. The number of nitrogens with two attached hydrogens (primary N) is 1. The second kappa shape index (κ2) is 3.46. The molecule has 0 radical (unpaired) electrons. The molecule has 0 bridgehead atoms. The summed E-state index contributed by atoms with van der Waals surface area (Å²) in [5.74, 6) is 6.10. The van der Waals surface area contributed by atoms with Gasteiger partial charge in [0.05, 0.1) is 0 Å². The molecule has 1 fully saturated rings. The van der Waals surface area contributed by atoms with E-state index in [4.69, 9.17) is 5.84 Å². The van der Waals surface area contributed by atoms with Gasteiger partial charge < -0.3 is 5.84 Å². The zero-order valence-corrected chi connectivity index (χ0v) is 8.43. The maximum absolute atomic E-state index is 5.25. The molecule has 70 valence electrons. The van der Waals surface area contributed by atoms with E-state index in [2.05, 4.69) is 25.9 Å². The van der Waals surface area contributed by atoms with Crippen LogP contribution < -0.4 is 5.84 Å². The third-order valence-electron chi connectivity index (χ3n) is 2.97. The molecule has 0 atom stereocenters. The van der Waals surface area contributed by atoms with Crippen molar-refractivity contribution >= 4 is 5.71 Å². The number of nitrogens with zero attached hydrogens (tertiary/aromatic N) is 1. The van der Waals surface area contributed by atoms with Gasteiger partial charge in [-0.25, -0.2) is 0 Å². The second-order valence-corrected chi connectivity index (χ2v) is 4.84. The van der Waals surface area contributed by atoms with Crippen LogP contribution >= 0.6 is 0 Å². The number of hydrazone groups is 1. The normalized spacial score (nSPS) is 25.6. The van der Waals surface area contributed by atoms with Gasteiger partial charge in [0.1, 0.15) is 0 Å². The van der Waals surface area contributed by atoms with E-state index in [1.807, 2.05) is 0 Å². The Bertz CT molecular complexity index is 167. The molecular formula is C10H20N2. The van der Waals surface area contributed by atoms with Crippen LogP contribution in [0.1, 0.15) is 46.5 Å². The highest BCUT2D eigenvalue weighted by molar-refractivity contribution is 5.84. The minimum atomic E-state index is 0.458. The van der Waals surface area contributed by atoms with E-state index in [0.29, 0.717) is 5.41 Å². The molecule has 2 nitrogen and oxygen atoms in total. The summed E-state index contributed by atoms with van der Waals surface area (Å²) in [4.78, 5) is 0. The Balaban J connectivity index is 2.47. The van der Waals surface area contributed by atoms with Crippen LogP contribution in [0.5, 0.6) is 0 Å². The quantitative estimate of drug-likeness (QED) is 0.438. The molecule has 0 aromatic heterocycles. The fourth-order valence-electron chi connectivity index (χ4n) is 1.95. The van der Waals surface area contributed by atoms with E-state index in [1.54, 1.807) is 0 Å². The van der Waals surface area contributed by atoms with Gasteiger partial charge in [-0.2, -0.15) is 5.10 Å². The van der Waals surface area contributed by atoms with Crippen molar-refractivity contribution in [2.75, 3.05) is 0 Å². The van der Waals surface area contributed by atoms with Gasteiger partial charge in [0.15, 0.2) is 0 Å². The van der Waals surface area contributed by atoms with Crippen molar-refractivity contribution in [1.82, 2.24) is 0 Å². The Morgan fingerprint density at radius 1 is 1.25 bits per heavy atom. The molecule has 2 N–H and O–H groups in total. The van der Waals surface area contributed by atoms with E-state index in [-0.39, 0.29) is 0 Å². The van der Waals surface area contributed by atoms with Crippen molar-refractivity contribution in [2.24, 2.45) is 22.3 Å². The molecule has 0 amide bonds. The van der Waals surface area contributed by atoms with Gasteiger partial charge in [0.2, 0.25) is 0 Å². The lowest BCUT2D eigenvalue weighted by molar-refractivity contribution is 0.208. The molecule has 1 rings (SSSR count). The number of hydrogen-bond donors (Lipinski definition) is 1. The van der Waals surface area contributed by atoms with E-state index in [1.165, 1.54) is 18.6 Å². The van der Waals surface area contributed by atoms with Gasteiger partial charge >= 0.3 is 0 Å². The lowest BCUT2D eigenvalue weighted by Gasteiger charge is -2.34. The lowest BCUT2D eigenvalue weighted by atomic mass is 9.72. The molecule has 0 saturated heterocycles. The predicted octanol–water partition coefficient (Wildman–Crippen LogP) is 2.54. The molecule has 0 heterocycles. The average molecular weight is 168 g/mol. The van der Waals surface area contributed by atoms with Gasteiger partial charge in [-0.15, -0.1) is 0 Å². The molecule has 0 unspecified atom stereocenters. The summed E-state index contributed by atoms with van der Waals surface area (Å²) in [6.45, 7) is 6.97. The molecule has 1 aliphatic rings. The molecule has 12 heavy (non-hydrogen) atoms. The summed E-state index contributed by atoms with van der Waals surface area (Å²) < 4.78 is 0. The van der Waals surface area contributed by atoms with Crippen LogP contribution in [0.15, 0.2) is 5.10 Å². The Kier molecular flexibility index (Phi) is 2.76. The molecule has 0 spiro atoms. The van der Waals surface area contributed by atoms with Gasteiger partial charge in [-0.1, -0.05) is 20.8 Å². The number of hydrogen-bond acceptors (Lipinski definition) is 2. The molecule has 0 aliphatic heterocycles. The summed E-state index contributed by atoms with van der Waals surface area (Å²) in [6.07, 6.45) is 4.75. The largest absolute Gasteiger partial charge is 0.323 e. The van der Waals surface area contributed by atoms with Gasteiger partial charge in [-0.3, -0.25) is 0 Å². The van der Waals surface area contributed by atoms with Gasteiger partial charge in [0, 0.05) is 5.71 Å². The summed E-state index contributed by atoms with van der Waals surface area (Å²) >= 11 is 0. The van der Waals surface area contributed by atoms with Crippen molar-refractivity contribution in [3.8, 4) is 0 Å². The topological polar surface area (TPSA) is 38.4 Å². The van der Waals surface area contributed by atoms with Crippen LogP contribution in [0.2, 0.25) is 0 Å². The number of rotatable bonds is 0. The summed E-state index contributed by atoms with van der Waals surface area (Å²) in [7, 11) is 0. The van der Waals surface area contributed by atoms with Crippen molar-refractivity contribution in [1.29, 1.82) is 0 Å². The van der Waals surface area contributed by atoms with Gasteiger partial charge in [0.25, 0.3) is 0 Å². The minimum absolute atomic E-state index is 0.458. The van der Waals surface area contributed by atoms with Crippen molar-refractivity contribution < 1.29 is 0 Å². The molecular weight excluding hydrogens is 148 g/mol. The zero-order chi connectivity index (χ0) is 9.19. The lowest BCUT2D eigenvalue weighted by Crippen LogP contribution is -2.26. The van der Waals surface area contributed by atoms with Crippen LogP contribution in [0.25, 0.3) is 0 Å². The fourth-order valence-corrected chi connectivity index (χ4v) is 1.95. The first-order valence-corrected chi connectivity index (χ1v) is 4.79. The SMILES string of the molecule is CC(C)(C)C1CCC(=NN)CC1. The zero-order valence-electron chi connectivity index (χ0n) is 8.43. The third kappa shape index (κ3) is 2.23. The smallest absolute Gasteiger partial charge is 0.0376 e. The van der Waals surface area contributed by atoms with E-state index in [0.717, 1.165) is 18.8 Å².